The number of aliphatic hydroxyl groups is 1. The number of aliphatic hydroxyl groups excluding tert-OH is 1. The molecule has 7 atom stereocenters. The molecule has 176 valence electrons. The lowest BCUT2D eigenvalue weighted by Gasteiger charge is -2.69. The van der Waals surface area contributed by atoms with Gasteiger partial charge in [-0.3, -0.25) is 0 Å². The zero-order valence-electron chi connectivity index (χ0n) is 22.0. The summed E-state index contributed by atoms with van der Waals surface area (Å²) in [5.74, 6) is 1.50. The molecule has 0 aromatic heterocycles. The molecule has 0 spiro atoms. The fourth-order valence-electron chi connectivity index (χ4n) is 10.4. The Morgan fingerprint density at radius 3 is 2.06 bits per heavy atom. The van der Waals surface area contributed by atoms with Crippen molar-refractivity contribution in [2.75, 3.05) is 0 Å². The lowest BCUT2D eigenvalue weighted by Crippen LogP contribution is -2.61. The molecule has 0 bridgehead atoms. The molecule has 1 nitrogen and oxygen atoms in total. The Bertz CT molecular complexity index is 803. The first kappa shape index (κ1) is 22.5. The second-order valence-electron chi connectivity index (χ2n) is 15.2. The Kier molecular flexibility index (Phi) is 4.66. The van der Waals surface area contributed by atoms with Crippen LogP contribution in [0.4, 0.5) is 0 Å². The summed E-state index contributed by atoms with van der Waals surface area (Å²) < 4.78 is 0. The molecular formula is C30H50O. The molecule has 5 aliphatic carbocycles. The SMILES string of the molecule is CC1(C)CC[C@@]2(C)CC[C@@]3(C)C4=C(CC[C@]3(C)[C@H]2C1)[C@@]1(C)CC[C@@H](O)C(C)(C)[C@H]1CC4. The molecule has 0 aromatic carbocycles. The van der Waals surface area contributed by atoms with E-state index in [-0.39, 0.29) is 11.5 Å². The minimum atomic E-state index is -0.128. The van der Waals surface area contributed by atoms with Crippen LogP contribution in [-0.2, 0) is 0 Å². The molecule has 0 heterocycles. The number of fused-ring (bicyclic) bond motifs is 6. The Labute approximate surface area is 192 Å². The summed E-state index contributed by atoms with van der Waals surface area (Å²) in [6, 6.07) is 0. The van der Waals surface area contributed by atoms with Crippen LogP contribution in [0.25, 0.3) is 0 Å². The number of hydrogen-bond donors (Lipinski definition) is 1. The highest BCUT2D eigenvalue weighted by Crippen LogP contribution is 2.75. The highest BCUT2D eigenvalue weighted by molar-refractivity contribution is 5.38. The molecule has 1 heteroatoms. The van der Waals surface area contributed by atoms with Gasteiger partial charge in [0.15, 0.2) is 0 Å². The van der Waals surface area contributed by atoms with E-state index < -0.39 is 0 Å². The van der Waals surface area contributed by atoms with Gasteiger partial charge in [0, 0.05) is 0 Å². The fourth-order valence-corrected chi connectivity index (χ4v) is 10.4. The van der Waals surface area contributed by atoms with E-state index in [1.807, 2.05) is 11.1 Å². The van der Waals surface area contributed by atoms with Crippen molar-refractivity contribution in [3.05, 3.63) is 11.1 Å². The molecule has 31 heavy (non-hydrogen) atoms. The molecule has 3 fully saturated rings. The van der Waals surface area contributed by atoms with Gasteiger partial charge in [-0.25, -0.2) is 0 Å². The maximum atomic E-state index is 10.9. The minimum absolute atomic E-state index is 0.0473. The van der Waals surface area contributed by atoms with Gasteiger partial charge in [0.2, 0.25) is 0 Å². The third-order valence-corrected chi connectivity index (χ3v) is 13.0. The van der Waals surface area contributed by atoms with Gasteiger partial charge in [-0.05, 0) is 115 Å². The lowest BCUT2D eigenvalue weighted by molar-refractivity contribution is -0.154. The standard InChI is InChI=1S/C30H50O/c1-25(2)15-16-27(5)17-18-29(7)21-9-10-22-26(3,4)24(31)12-13-28(22,6)20(21)11-14-30(29,8)23(27)19-25/h22-24,31H,9-19H2,1-8H3/t22-,23+,24-,27+,28-,29+,30-/m1/s1. The number of rotatable bonds is 0. The van der Waals surface area contributed by atoms with Crippen molar-refractivity contribution in [2.45, 2.75) is 132 Å². The van der Waals surface area contributed by atoms with Gasteiger partial charge in [-0.15, -0.1) is 0 Å². The van der Waals surface area contributed by atoms with Crippen LogP contribution in [0.5, 0.6) is 0 Å². The van der Waals surface area contributed by atoms with Crippen molar-refractivity contribution in [1.82, 2.24) is 0 Å². The first-order chi connectivity index (χ1) is 14.2. The fraction of sp³-hybridized carbons (Fsp3) is 0.933. The largest absolute Gasteiger partial charge is 0.393 e. The van der Waals surface area contributed by atoms with Gasteiger partial charge in [0.05, 0.1) is 6.10 Å². The molecule has 5 aliphatic rings. The zero-order chi connectivity index (χ0) is 22.7. The van der Waals surface area contributed by atoms with Crippen LogP contribution in [0.1, 0.15) is 126 Å². The quantitative estimate of drug-likeness (QED) is 0.386. The summed E-state index contributed by atoms with van der Waals surface area (Å²) in [5, 5.41) is 10.9. The Morgan fingerprint density at radius 1 is 0.677 bits per heavy atom. The van der Waals surface area contributed by atoms with E-state index in [1.54, 1.807) is 0 Å². The Morgan fingerprint density at radius 2 is 1.35 bits per heavy atom. The first-order valence-corrected chi connectivity index (χ1v) is 13.6. The molecule has 0 aliphatic heterocycles. The average Bonchev–Trinajstić information content (AvgIpc) is 2.68. The maximum Gasteiger partial charge on any atom is 0.0594 e. The molecule has 0 saturated heterocycles. The van der Waals surface area contributed by atoms with Crippen molar-refractivity contribution < 1.29 is 5.11 Å². The van der Waals surface area contributed by atoms with Crippen LogP contribution in [0.2, 0.25) is 0 Å². The molecule has 0 unspecified atom stereocenters. The summed E-state index contributed by atoms with van der Waals surface area (Å²) in [4.78, 5) is 0. The summed E-state index contributed by atoms with van der Waals surface area (Å²) in [6.45, 7) is 20.5. The lowest BCUT2D eigenvalue weighted by atomic mass is 9.35. The highest BCUT2D eigenvalue weighted by atomic mass is 16.3. The Balaban J connectivity index is 1.59. The first-order valence-electron chi connectivity index (χ1n) is 13.6. The molecule has 3 saturated carbocycles. The number of hydrogen-bond acceptors (Lipinski definition) is 1. The van der Waals surface area contributed by atoms with Crippen molar-refractivity contribution >= 4 is 0 Å². The molecular weight excluding hydrogens is 376 g/mol. The van der Waals surface area contributed by atoms with Crippen LogP contribution in [0.3, 0.4) is 0 Å². The summed E-state index contributed by atoms with van der Waals surface area (Å²) in [7, 11) is 0. The molecule has 0 radical (unpaired) electrons. The van der Waals surface area contributed by atoms with Crippen LogP contribution < -0.4 is 0 Å². The monoisotopic (exact) mass is 426 g/mol. The van der Waals surface area contributed by atoms with Gasteiger partial charge >= 0.3 is 0 Å². The van der Waals surface area contributed by atoms with Crippen LogP contribution in [-0.4, -0.2) is 11.2 Å². The van der Waals surface area contributed by atoms with E-state index in [9.17, 15) is 5.11 Å². The van der Waals surface area contributed by atoms with Crippen molar-refractivity contribution in [1.29, 1.82) is 0 Å². The number of allylic oxidation sites excluding steroid dienone is 2. The van der Waals surface area contributed by atoms with Crippen molar-refractivity contribution in [2.24, 2.45) is 44.3 Å². The Hall–Kier alpha value is -0.300. The third-order valence-electron chi connectivity index (χ3n) is 13.0. The topological polar surface area (TPSA) is 20.2 Å². The van der Waals surface area contributed by atoms with Gasteiger partial charge in [0.25, 0.3) is 0 Å². The van der Waals surface area contributed by atoms with E-state index in [0.717, 1.165) is 12.3 Å². The molecule has 0 amide bonds. The van der Waals surface area contributed by atoms with Crippen LogP contribution in [0.15, 0.2) is 11.1 Å². The highest BCUT2D eigenvalue weighted by Gasteiger charge is 2.65. The molecule has 5 rings (SSSR count). The molecule has 0 aromatic rings. The maximum absolute atomic E-state index is 10.9. The second-order valence-corrected chi connectivity index (χ2v) is 15.2. The van der Waals surface area contributed by atoms with Crippen molar-refractivity contribution in [3.63, 3.8) is 0 Å². The summed E-state index contributed by atoms with van der Waals surface area (Å²) in [5.41, 5.74) is 6.02. The predicted molar refractivity (Wildman–Crippen MR) is 131 cm³/mol. The zero-order valence-corrected chi connectivity index (χ0v) is 22.0. The van der Waals surface area contributed by atoms with E-state index in [4.69, 9.17) is 0 Å². The smallest absolute Gasteiger partial charge is 0.0594 e. The van der Waals surface area contributed by atoms with Crippen LogP contribution >= 0.6 is 0 Å². The summed E-state index contributed by atoms with van der Waals surface area (Å²) in [6.07, 6.45) is 14.5. The minimum Gasteiger partial charge on any atom is -0.393 e. The molecule has 1 N–H and O–H groups in total. The summed E-state index contributed by atoms with van der Waals surface area (Å²) >= 11 is 0. The normalized spacial score (nSPS) is 53.1. The van der Waals surface area contributed by atoms with Crippen molar-refractivity contribution in [3.8, 4) is 0 Å². The van der Waals surface area contributed by atoms with Crippen LogP contribution in [0, 0.1) is 44.3 Å². The van der Waals surface area contributed by atoms with Gasteiger partial charge < -0.3 is 5.11 Å². The van der Waals surface area contributed by atoms with E-state index in [2.05, 4.69) is 55.4 Å². The average molecular weight is 427 g/mol. The second kappa shape index (κ2) is 6.43. The third kappa shape index (κ3) is 2.77. The van der Waals surface area contributed by atoms with Gasteiger partial charge in [-0.1, -0.05) is 66.5 Å². The van der Waals surface area contributed by atoms with E-state index in [0.29, 0.717) is 33.0 Å². The van der Waals surface area contributed by atoms with Gasteiger partial charge in [0.1, 0.15) is 0 Å². The predicted octanol–water partition coefficient (Wildman–Crippen LogP) is 8.31. The van der Waals surface area contributed by atoms with Gasteiger partial charge in [-0.2, -0.15) is 0 Å². The van der Waals surface area contributed by atoms with E-state index >= 15 is 0 Å². The van der Waals surface area contributed by atoms with E-state index in [1.165, 1.54) is 64.2 Å².